The number of pyridine rings is 1. The zero-order chi connectivity index (χ0) is 11.8. The fourth-order valence-corrected chi connectivity index (χ4v) is 3.21. The number of halogens is 1. The van der Waals surface area contributed by atoms with E-state index in [1.807, 2.05) is 10.5 Å². The summed E-state index contributed by atoms with van der Waals surface area (Å²) in [5.41, 5.74) is 1.03. The molecule has 0 aliphatic heterocycles. The first-order valence-corrected chi connectivity index (χ1v) is 6.91. The molecule has 0 amide bonds. The molecule has 1 aliphatic carbocycles. The lowest BCUT2D eigenvalue weighted by Crippen LogP contribution is -2.08. The van der Waals surface area contributed by atoms with Gasteiger partial charge in [0.05, 0.1) is 11.7 Å². The number of hydrogen-bond donors (Lipinski definition) is 1. The SMILES string of the molecule is Oc1ccc2c(Br)nc(C3CCCCC3)n2c1. The van der Waals surface area contributed by atoms with Gasteiger partial charge < -0.3 is 5.11 Å². The van der Waals surface area contributed by atoms with E-state index in [1.165, 1.54) is 32.1 Å². The minimum absolute atomic E-state index is 0.291. The van der Waals surface area contributed by atoms with Gasteiger partial charge in [0.1, 0.15) is 16.2 Å². The van der Waals surface area contributed by atoms with Crippen LogP contribution in [0.25, 0.3) is 5.52 Å². The van der Waals surface area contributed by atoms with Crippen molar-refractivity contribution in [2.24, 2.45) is 0 Å². The van der Waals surface area contributed by atoms with Crippen LogP contribution < -0.4 is 0 Å². The second-order valence-electron chi connectivity index (χ2n) is 4.74. The first kappa shape index (κ1) is 11.1. The van der Waals surface area contributed by atoms with Gasteiger partial charge in [-0.05, 0) is 40.9 Å². The lowest BCUT2D eigenvalue weighted by atomic mass is 9.89. The lowest BCUT2D eigenvalue weighted by Gasteiger charge is -2.20. The van der Waals surface area contributed by atoms with Crippen LogP contribution >= 0.6 is 15.9 Å². The fourth-order valence-electron chi connectivity index (χ4n) is 2.71. The van der Waals surface area contributed by atoms with Gasteiger partial charge in [-0.1, -0.05) is 19.3 Å². The van der Waals surface area contributed by atoms with Gasteiger partial charge in [-0.15, -0.1) is 0 Å². The van der Waals surface area contributed by atoms with Gasteiger partial charge in [0.25, 0.3) is 0 Å². The molecule has 0 spiro atoms. The summed E-state index contributed by atoms with van der Waals surface area (Å²) in [6.45, 7) is 0. The van der Waals surface area contributed by atoms with Gasteiger partial charge in [-0.2, -0.15) is 0 Å². The van der Waals surface area contributed by atoms with Gasteiger partial charge in [-0.25, -0.2) is 4.98 Å². The topological polar surface area (TPSA) is 37.5 Å². The second kappa shape index (κ2) is 4.33. The predicted octanol–water partition coefficient (Wildman–Crippen LogP) is 3.85. The average Bonchev–Trinajstić information content (AvgIpc) is 2.67. The summed E-state index contributed by atoms with van der Waals surface area (Å²) in [6, 6.07) is 3.60. The highest BCUT2D eigenvalue weighted by molar-refractivity contribution is 9.10. The molecule has 0 saturated heterocycles. The summed E-state index contributed by atoms with van der Waals surface area (Å²) in [5, 5.41) is 9.60. The van der Waals surface area contributed by atoms with Crippen LogP contribution in [0.2, 0.25) is 0 Å². The molecule has 4 heteroatoms. The van der Waals surface area contributed by atoms with Gasteiger partial charge >= 0.3 is 0 Å². The third-order valence-corrected chi connectivity index (χ3v) is 4.16. The third-order valence-electron chi connectivity index (χ3n) is 3.57. The van der Waals surface area contributed by atoms with Crippen molar-refractivity contribution in [3.8, 4) is 5.75 Å². The monoisotopic (exact) mass is 294 g/mol. The maximum atomic E-state index is 9.60. The molecule has 0 atom stereocenters. The molecule has 2 aromatic heterocycles. The van der Waals surface area contributed by atoms with E-state index in [9.17, 15) is 5.11 Å². The summed E-state index contributed by atoms with van der Waals surface area (Å²) in [6.07, 6.45) is 8.09. The Bertz CT molecular complexity index is 544. The van der Waals surface area contributed by atoms with Gasteiger partial charge in [0.2, 0.25) is 0 Å². The predicted molar refractivity (Wildman–Crippen MR) is 70.4 cm³/mol. The summed E-state index contributed by atoms with van der Waals surface area (Å²) in [5.74, 6) is 1.91. The highest BCUT2D eigenvalue weighted by Gasteiger charge is 2.21. The molecule has 0 bridgehead atoms. The molecular weight excluding hydrogens is 280 g/mol. The van der Waals surface area contributed by atoms with E-state index in [4.69, 9.17) is 0 Å². The van der Waals surface area contributed by atoms with Gasteiger partial charge in [0, 0.05) is 5.92 Å². The zero-order valence-corrected chi connectivity index (χ0v) is 11.2. The number of nitrogens with zero attached hydrogens (tertiary/aromatic N) is 2. The Kier molecular flexibility index (Phi) is 2.82. The normalized spacial score (nSPS) is 17.7. The molecule has 1 fully saturated rings. The zero-order valence-electron chi connectivity index (χ0n) is 9.56. The smallest absolute Gasteiger partial charge is 0.132 e. The molecule has 17 heavy (non-hydrogen) atoms. The molecule has 2 heterocycles. The number of rotatable bonds is 1. The number of aromatic nitrogens is 2. The molecule has 90 valence electrons. The third kappa shape index (κ3) is 1.95. The Hall–Kier alpha value is -1.03. The quantitative estimate of drug-likeness (QED) is 0.867. The van der Waals surface area contributed by atoms with Crippen LogP contribution in [-0.4, -0.2) is 14.5 Å². The number of aromatic hydroxyl groups is 1. The Balaban J connectivity index is 2.11. The molecule has 1 saturated carbocycles. The van der Waals surface area contributed by atoms with Crippen molar-refractivity contribution in [3.05, 3.63) is 28.8 Å². The molecule has 1 N–H and O–H groups in total. The Morgan fingerprint density at radius 3 is 2.76 bits per heavy atom. The Morgan fingerprint density at radius 1 is 1.24 bits per heavy atom. The van der Waals surface area contributed by atoms with E-state index >= 15 is 0 Å². The lowest BCUT2D eigenvalue weighted by molar-refractivity contribution is 0.425. The Morgan fingerprint density at radius 2 is 2.00 bits per heavy atom. The molecule has 0 unspecified atom stereocenters. The Labute approximate surface area is 109 Å². The standard InChI is InChI=1S/C13H15BrN2O/c14-12-11-7-6-10(17)8-16(11)13(15-12)9-4-2-1-3-5-9/h6-9,17H,1-5H2. The minimum atomic E-state index is 0.291. The van der Waals surface area contributed by atoms with Crippen LogP contribution in [0.4, 0.5) is 0 Å². The maximum absolute atomic E-state index is 9.60. The molecule has 0 aromatic carbocycles. The van der Waals surface area contributed by atoms with Crippen LogP contribution in [-0.2, 0) is 0 Å². The van der Waals surface area contributed by atoms with Crippen LogP contribution in [0.1, 0.15) is 43.8 Å². The minimum Gasteiger partial charge on any atom is -0.506 e. The largest absolute Gasteiger partial charge is 0.506 e. The van der Waals surface area contributed by atoms with Crippen molar-refractivity contribution in [1.29, 1.82) is 0 Å². The van der Waals surface area contributed by atoms with Gasteiger partial charge in [0.15, 0.2) is 0 Å². The van der Waals surface area contributed by atoms with Crippen molar-refractivity contribution < 1.29 is 5.11 Å². The molecular formula is C13H15BrN2O. The van der Waals surface area contributed by atoms with Crippen molar-refractivity contribution in [2.75, 3.05) is 0 Å². The molecule has 0 radical (unpaired) electrons. The maximum Gasteiger partial charge on any atom is 0.132 e. The molecule has 2 aromatic rings. The number of hydrogen-bond acceptors (Lipinski definition) is 2. The van der Waals surface area contributed by atoms with E-state index in [2.05, 4.69) is 20.9 Å². The first-order chi connectivity index (χ1) is 8.25. The average molecular weight is 295 g/mol. The van der Waals surface area contributed by atoms with Crippen molar-refractivity contribution in [2.45, 2.75) is 38.0 Å². The van der Waals surface area contributed by atoms with E-state index in [0.717, 1.165) is 15.9 Å². The highest BCUT2D eigenvalue weighted by Crippen LogP contribution is 2.34. The molecule has 3 rings (SSSR count). The van der Waals surface area contributed by atoms with E-state index in [-0.39, 0.29) is 0 Å². The molecule has 1 aliphatic rings. The first-order valence-electron chi connectivity index (χ1n) is 6.12. The second-order valence-corrected chi connectivity index (χ2v) is 5.49. The van der Waals surface area contributed by atoms with E-state index in [1.54, 1.807) is 12.3 Å². The summed E-state index contributed by atoms with van der Waals surface area (Å²) in [4.78, 5) is 4.62. The van der Waals surface area contributed by atoms with Crippen molar-refractivity contribution in [3.63, 3.8) is 0 Å². The van der Waals surface area contributed by atoms with Crippen LogP contribution in [0.5, 0.6) is 5.75 Å². The van der Waals surface area contributed by atoms with E-state index < -0.39 is 0 Å². The van der Waals surface area contributed by atoms with Crippen molar-refractivity contribution in [1.82, 2.24) is 9.38 Å². The molecule has 3 nitrogen and oxygen atoms in total. The number of fused-ring (bicyclic) bond motifs is 1. The fraction of sp³-hybridized carbons (Fsp3) is 0.462. The summed E-state index contributed by atoms with van der Waals surface area (Å²) >= 11 is 3.50. The van der Waals surface area contributed by atoms with Crippen molar-refractivity contribution >= 4 is 21.4 Å². The van der Waals surface area contributed by atoms with Crippen LogP contribution in [0.3, 0.4) is 0 Å². The van der Waals surface area contributed by atoms with Crippen LogP contribution in [0, 0.1) is 0 Å². The number of imidazole rings is 1. The summed E-state index contributed by atoms with van der Waals surface area (Å²) < 4.78 is 2.90. The summed E-state index contributed by atoms with van der Waals surface area (Å²) in [7, 11) is 0. The highest BCUT2D eigenvalue weighted by atomic mass is 79.9. The van der Waals surface area contributed by atoms with Gasteiger partial charge in [-0.3, -0.25) is 4.40 Å². The van der Waals surface area contributed by atoms with Crippen LogP contribution in [0.15, 0.2) is 22.9 Å². The van der Waals surface area contributed by atoms with E-state index in [0.29, 0.717) is 11.7 Å².